The molecule has 0 radical (unpaired) electrons. The highest BCUT2D eigenvalue weighted by Crippen LogP contribution is 2.34. The van der Waals surface area contributed by atoms with Gasteiger partial charge < -0.3 is 10.1 Å². The Morgan fingerprint density at radius 2 is 1.86 bits per heavy atom. The molecule has 3 aliphatic rings. The molecule has 1 aliphatic heterocycles. The lowest BCUT2D eigenvalue weighted by Gasteiger charge is -2.34. The van der Waals surface area contributed by atoms with E-state index in [4.69, 9.17) is 10.1 Å². The first kappa shape index (κ1) is 15.8. The van der Waals surface area contributed by atoms with E-state index in [1.54, 1.807) is 7.05 Å². The first-order valence-electron chi connectivity index (χ1n) is 8.83. The first-order valence-corrected chi connectivity index (χ1v) is 8.83. The van der Waals surface area contributed by atoms with Crippen LogP contribution in [-0.4, -0.2) is 42.6 Å². The highest BCUT2D eigenvalue weighted by atomic mass is 16.5. The molecular weight excluding hydrogens is 278 g/mol. The fourth-order valence-corrected chi connectivity index (χ4v) is 4.02. The van der Waals surface area contributed by atoms with Gasteiger partial charge in [0.2, 0.25) is 0 Å². The van der Waals surface area contributed by atoms with Gasteiger partial charge in [-0.25, -0.2) is 0 Å². The maximum absolute atomic E-state index is 12.7. The van der Waals surface area contributed by atoms with Crippen LogP contribution in [0.15, 0.2) is 0 Å². The van der Waals surface area contributed by atoms with Crippen LogP contribution in [0, 0.1) is 17.2 Å². The molecule has 1 amide bonds. The monoisotopic (exact) mass is 307 g/mol. The Morgan fingerprint density at radius 3 is 2.41 bits per heavy atom. The molecule has 5 heteroatoms. The van der Waals surface area contributed by atoms with Crippen molar-refractivity contribution in [2.24, 2.45) is 11.8 Å². The third kappa shape index (κ3) is 3.14. The molecule has 22 heavy (non-hydrogen) atoms. The van der Waals surface area contributed by atoms with E-state index >= 15 is 0 Å². The number of carbonyl (C=O) groups is 1. The van der Waals surface area contributed by atoms with E-state index in [0.29, 0.717) is 18.4 Å². The van der Waals surface area contributed by atoms with Gasteiger partial charge >= 0.3 is 0 Å². The molecule has 3 fully saturated rings. The summed E-state index contributed by atoms with van der Waals surface area (Å²) in [6.07, 6.45) is 10.9. The maximum atomic E-state index is 12.7. The van der Waals surface area contributed by atoms with Crippen molar-refractivity contribution in [3.8, 4) is 0 Å². The molecule has 2 N–H and O–H groups in total. The summed E-state index contributed by atoms with van der Waals surface area (Å²) in [5.41, 5.74) is -0.697. The molecule has 0 bridgehead atoms. The van der Waals surface area contributed by atoms with E-state index < -0.39 is 5.54 Å². The molecular formula is C17H29N3O2. The fourth-order valence-electron chi connectivity index (χ4n) is 4.02. The van der Waals surface area contributed by atoms with E-state index in [-0.39, 0.29) is 11.9 Å². The van der Waals surface area contributed by atoms with Crippen molar-refractivity contribution in [3.63, 3.8) is 0 Å². The second kappa shape index (κ2) is 6.57. The zero-order valence-electron chi connectivity index (χ0n) is 13.7. The van der Waals surface area contributed by atoms with Crippen molar-refractivity contribution >= 4 is 11.9 Å². The Balaban J connectivity index is 1.64. The average molecular weight is 307 g/mol. The number of nitrogens with zero attached hydrogens (tertiary/aromatic N) is 1. The molecule has 0 spiro atoms. The summed E-state index contributed by atoms with van der Waals surface area (Å²) in [7, 11) is 1.69. The molecule has 0 aromatic rings. The van der Waals surface area contributed by atoms with E-state index in [1.807, 2.05) is 0 Å². The molecule has 3 rings (SSSR count). The van der Waals surface area contributed by atoms with Crippen LogP contribution in [0.4, 0.5) is 0 Å². The average Bonchev–Trinajstić information content (AvgIpc) is 2.68. The zero-order chi connectivity index (χ0) is 15.6. The van der Waals surface area contributed by atoms with Crippen molar-refractivity contribution in [2.45, 2.75) is 63.3 Å². The number of rotatable bonds is 6. The molecule has 0 aromatic heterocycles. The smallest absolute Gasteiger partial charge is 0.257 e. The number of carbonyl (C=O) groups excluding carboxylic acids is 1. The van der Waals surface area contributed by atoms with E-state index in [0.717, 1.165) is 13.0 Å². The summed E-state index contributed by atoms with van der Waals surface area (Å²) >= 11 is 0. The highest BCUT2D eigenvalue weighted by molar-refractivity contribution is 6.07. The van der Waals surface area contributed by atoms with Gasteiger partial charge in [-0.1, -0.05) is 38.5 Å². The lowest BCUT2D eigenvalue weighted by Crippen LogP contribution is -2.52. The van der Waals surface area contributed by atoms with Crippen molar-refractivity contribution in [2.75, 3.05) is 20.3 Å². The minimum Gasteiger partial charge on any atom is -0.378 e. The van der Waals surface area contributed by atoms with E-state index in [9.17, 15) is 4.79 Å². The Hall–Kier alpha value is -1.10. The quantitative estimate of drug-likeness (QED) is 0.792. The zero-order valence-corrected chi connectivity index (χ0v) is 13.7. The largest absolute Gasteiger partial charge is 0.378 e. The van der Waals surface area contributed by atoms with Gasteiger partial charge in [0.1, 0.15) is 5.54 Å². The van der Waals surface area contributed by atoms with Crippen LogP contribution in [0.25, 0.3) is 0 Å². The SMILES string of the molecule is CN1C(=N)NC(COCC2CCC2)(CC2CCCCC2)C1=O. The van der Waals surface area contributed by atoms with Gasteiger partial charge in [0.15, 0.2) is 5.96 Å². The summed E-state index contributed by atoms with van der Waals surface area (Å²) in [5.74, 6) is 1.49. The van der Waals surface area contributed by atoms with Gasteiger partial charge in [0.25, 0.3) is 5.91 Å². The predicted molar refractivity (Wildman–Crippen MR) is 85.7 cm³/mol. The molecule has 2 aliphatic carbocycles. The number of likely N-dealkylation sites (N-methyl/N-ethyl adjacent to an activating group) is 1. The van der Waals surface area contributed by atoms with Crippen LogP contribution in [0.1, 0.15) is 57.8 Å². The predicted octanol–water partition coefficient (Wildman–Crippen LogP) is 2.51. The van der Waals surface area contributed by atoms with Crippen molar-refractivity contribution in [3.05, 3.63) is 0 Å². The maximum Gasteiger partial charge on any atom is 0.257 e. The van der Waals surface area contributed by atoms with Gasteiger partial charge in [-0.3, -0.25) is 15.1 Å². The van der Waals surface area contributed by atoms with Crippen LogP contribution in [-0.2, 0) is 9.53 Å². The molecule has 124 valence electrons. The lowest BCUT2D eigenvalue weighted by atomic mass is 9.79. The van der Waals surface area contributed by atoms with Crippen LogP contribution < -0.4 is 5.32 Å². The number of hydrogen-bond acceptors (Lipinski definition) is 3. The summed E-state index contributed by atoms with van der Waals surface area (Å²) < 4.78 is 5.93. The second-order valence-corrected chi connectivity index (χ2v) is 7.44. The summed E-state index contributed by atoms with van der Waals surface area (Å²) in [4.78, 5) is 14.2. The molecule has 5 nitrogen and oxygen atoms in total. The van der Waals surface area contributed by atoms with Gasteiger partial charge in [0, 0.05) is 13.7 Å². The number of guanidine groups is 1. The van der Waals surface area contributed by atoms with Crippen LogP contribution in [0.3, 0.4) is 0 Å². The first-order chi connectivity index (χ1) is 10.6. The molecule has 1 unspecified atom stereocenters. The summed E-state index contributed by atoms with van der Waals surface area (Å²) in [6, 6.07) is 0. The lowest BCUT2D eigenvalue weighted by molar-refractivity contribution is -0.133. The topological polar surface area (TPSA) is 65.4 Å². The van der Waals surface area contributed by atoms with Crippen molar-refractivity contribution in [1.82, 2.24) is 10.2 Å². The third-order valence-electron chi connectivity index (χ3n) is 5.70. The Bertz CT molecular complexity index is 430. The van der Waals surface area contributed by atoms with E-state index in [2.05, 4.69) is 5.32 Å². The van der Waals surface area contributed by atoms with Crippen LogP contribution in [0.5, 0.6) is 0 Å². The van der Waals surface area contributed by atoms with Crippen molar-refractivity contribution < 1.29 is 9.53 Å². The van der Waals surface area contributed by atoms with E-state index in [1.165, 1.54) is 56.3 Å². The number of nitrogens with one attached hydrogen (secondary N) is 2. The normalized spacial score (nSPS) is 30.5. The third-order valence-corrected chi connectivity index (χ3v) is 5.70. The number of ether oxygens (including phenoxy) is 1. The summed E-state index contributed by atoms with van der Waals surface area (Å²) in [6.45, 7) is 1.17. The molecule has 1 saturated heterocycles. The Kier molecular flexibility index (Phi) is 4.71. The Morgan fingerprint density at radius 1 is 1.18 bits per heavy atom. The van der Waals surface area contributed by atoms with Crippen LogP contribution in [0.2, 0.25) is 0 Å². The number of amides is 1. The van der Waals surface area contributed by atoms with Gasteiger partial charge in [-0.05, 0) is 31.1 Å². The standard InChI is InChI=1S/C17H29N3O2/c1-20-15(21)17(19-16(20)18,10-13-6-3-2-4-7-13)12-22-11-14-8-5-9-14/h13-14H,2-12H2,1H3,(H2,18,19). The Labute approximate surface area is 133 Å². The number of hydrogen-bond donors (Lipinski definition) is 2. The van der Waals surface area contributed by atoms with Gasteiger partial charge in [-0.2, -0.15) is 0 Å². The minimum atomic E-state index is -0.697. The minimum absolute atomic E-state index is 0.0108. The van der Waals surface area contributed by atoms with Gasteiger partial charge in [0.05, 0.1) is 6.61 Å². The molecule has 1 heterocycles. The highest BCUT2D eigenvalue weighted by Gasteiger charge is 2.49. The van der Waals surface area contributed by atoms with Gasteiger partial charge in [-0.15, -0.1) is 0 Å². The van der Waals surface area contributed by atoms with Crippen LogP contribution >= 0.6 is 0 Å². The fraction of sp³-hybridized carbons (Fsp3) is 0.882. The van der Waals surface area contributed by atoms with Crippen molar-refractivity contribution in [1.29, 1.82) is 5.41 Å². The molecule has 2 saturated carbocycles. The molecule has 1 atom stereocenters. The summed E-state index contributed by atoms with van der Waals surface area (Å²) in [5, 5.41) is 11.1. The second-order valence-electron chi connectivity index (χ2n) is 7.44. The molecule has 0 aromatic carbocycles.